The highest BCUT2D eigenvalue weighted by Gasteiger charge is 2.04. The van der Waals surface area contributed by atoms with Gasteiger partial charge in [0.25, 0.3) is 5.56 Å². The van der Waals surface area contributed by atoms with Gasteiger partial charge < -0.3 is 5.73 Å². The summed E-state index contributed by atoms with van der Waals surface area (Å²) >= 11 is 0. The number of nitrogens with one attached hydrogen (secondary N) is 1. The zero-order valence-corrected chi connectivity index (χ0v) is 8.66. The Bertz CT molecular complexity index is 526. The Labute approximate surface area is 86.9 Å². The van der Waals surface area contributed by atoms with Gasteiger partial charge in [-0.3, -0.25) is 9.89 Å². The van der Waals surface area contributed by atoms with E-state index in [2.05, 4.69) is 10.1 Å². The van der Waals surface area contributed by atoms with Crippen LogP contribution in [0.2, 0.25) is 0 Å². The van der Waals surface area contributed by atoms with Gasteiger partial charge in [0.05, 0.1) is 0 Å². The smallest absolute Gasteiger partial charge is 0.272 e. The van der Waals surface area contributed by atoms with E-state index in [-0.39, 0.29) is 5.56 Å². The van der Waals surface area contributed by atoms with E-state index >= 15 is 0 Å². The third-order valence-electron chi connectivity index (χ3n) is 2.34. The molecule has 3 N–H and O–H groups in total. The number of aryl methyl sites for hydroxylation is 1. The average molecular weight is 206 g/mol. The molecule has 0 atom stereocenters. The zero-order valence-electron chi connectivity index (χ0n) is 8.66. The van der Waals surface area contributed by atoms with Gasteiger partial charge in [0, 0.05) is 29.9 Å². The SMILES string of the molecule is CCc1cc2nc(CCN)cc(=O)n2[nH]1. The van der Waals surface area contributed by atoms with Crippen LogP contribution in [-0.2, 0) is 12.8 Å². The fourth-order valence-electron chi connectivity index (χ4n) is 1.55. The first-order chi connectivity index (χ1) is 7.24. The van der Waals surface area contributed by atoms with Crippen LogP contribution in [0.5, 0.6) is 0 Å². The van der Waals surface area contributed by atoms with Crippen molar-refractivity contribution in [1.82, 2.24) is 14.6 Å². The lowest BCUT2D eigenvalue weighted by atomic mass is 10.3. The molecule has 0 aliphatic carbocycles. The van der Waals surface area contributed by atoms with Gasteiger partial charge >= 0.3 is 0 Å². The van der Waals surface area contributed by atoms with Crippen LogP contribution in [0.1, 0.15) is 18.3 Å². The minimum absolute atomic E-state index is 0.0804. The molecule has 0 radical (unpaired) electrons. The van der Waals surface area contributed by atoms with E-state index in [9.17, 15) is 4.79 Å². The van der Waals surface area contributed by atoms with Crippen molar-refractivity contribution in [2.75, 3.05) is 6.54 Å². The van der Waals surface area contributed by atoms with Crippen molar-refractivity contribution in [3.8, 4) is 0 Å². The first kappa shape index (κ1) is 9.92. The largest absolute Gasteiger partial charge is 0.330 e. The summed E-state index contributed by atoms with van der Waals surface area (Å²) in [6, 6.07) is 3.41. The second-order valence-corrected chi connectivity index (χ2v) is 3.45. The van der Waals surface area contributed by atoms with Crippen LogP contribution in [0.3, 0.4) is 0 Å². The molecule has 15 heavy (non-hydrogen) atoms. The molecule has 0 aromatic carbocycles. The van der Waals surface area contributed by atoms with Gasteiger partial charge in [0.2, 0.25) is 0 Å². The van der Waals surface area contributed by atoms with E-state index in [4.69, 9.17) is 5.73 Å². The van der Waals surface area contributed by atoms with Gasteiger partial charge in [0.15, 0.2) is 5.65 Å². The zero-order chi connectivity index (χ0) is 10.8. The van der Waals surface area contributed by atoms with E-state index in [1.807, 2.05) is 13.0 Å². The highest BCUT2D eigenvalue weighted by Crippen LogP contribution is 2.03. The molecule has 0 unspecified atom stereocenters. The van der Waals surface area contributed by atoms with Crippen molar-refractivity contribution < 1.29 is 0 Å². The summed E-state index contributed by atoms with van der Waals surface area (Å²) in [5, 5.41) is 2.99. The summed E-state index contributed by atoms with van der Waals surface area (Å²) in [5.41, 5.74) is 7.78. The molecule has 5 heteroatoms. The molecular weight excluding hydrogens is 192 g/mol. The Morgan fingerprint density at radius 1 is 1.53 bits per heavy atom. The Morgan fingerprint density at radius 3 is 3.00 bits per heavy atom. The minimum Gasteiger partial charge on any atom is -0.330 e. The fraction of sp³-hybridized carbons (Fsp3) is 0.400. The summed E-state index contributed by atoms with van der Waals surface area (Å²) in [5.74, 6) is 0. The van der Waals surface area contributed by atoms with Gasteiger partial charge in [-0.25, -0.2) is 9.50 Å². The van der Waals surface area contributed by atoms with Gasteiger partial charge in [-0.1, -0.05) is 6.92 Å². The van der Waals surface area contributed by atoms with Crippen molar-refractivity contribution in [3.05, 3.63) is 33.9 Å². The summed E-state index contributed by atoms with van der Waals surface area (Å²) < 4.78 is 1.46. The second kappa shape index (κ2) is 3.86. The lowest BCUT2D eigenvalue weighted by molar-refractivity contribution is 0.834. The Balaban J connectivity index is 2.60. The number of nitrogens with two attached hydrogens (primary N) is 1. The quantitative estimate of drug-likeness (QED) is 0.747. The number of nitrogens with zero attached hydrogens (tertiary/aromatic N) is 2. The lowest BCUT2D eigenvalue weighted by Crippen LogP contribution is -2.17. The number of H-pyrrole nitrogens is 1. The van der Waals surface area contributed by atoms with Gasteiger partial charge in [-0.2, -0.15) is 0 Å². The highest BCUT2D eigenvalue weighted by atomic mass is 16.1. The molecule has 0 amide bonds. The van der Waals surface area contributed by atoms with Crippen LogP contribution in [-0.4, -0.2) is 21.1 Å². The number of aromatic amines is 1. The number of hydrogen-bond acceptors (Lipinski definition) is 3. The number of rotatable bonds is 3. The maximum atomic E-state index is 11.7. The highest BCUT2D eigenvalue weighted by molar-refractivity contribution is 5.39. The number of hydrogen-bond donors (Lipinski definition) is 2. The molecule has 0 bridgehead atoms. The summed E-state index contributed by atoms with van der Waals surface area (Å²) in [6.07, 6.45) is 1.49. The summed E-state index contributed by atoms with van der Waals surface area (Å²) in [7, 11) is 0. The van der Waals surface area contributed by atoms with Crippen molar-refractivity contribution in [2.24, 2.45) is 5.73 Å². The molecule has 80 valence electrons. The van der Waals surface area contributed by atoms with E-state index in [0.29, 0.717) is 18.6 Å². The fourth-order valence-corrected chi connectivity index (χ4v) is 1.55. The molecule has 0 saturated heterocycles. The predicted molar refractivity (Wildman–Crippen MR) is 57.9 cm³/mol. The van der Waals surface area contributed by atoms with E-state index in [0.717, 1.165) is 17.8 Å². The average Bonchev–Trinajstić information content (AvgIpc) is 2.62. The molecule has 0 aliphatic rings. The van der Waals surface area contributed by atoms with Crippen LogP contribution in [0.25, 0.3) is 5.65 Å². The van der Waals surface area contributed by atoms with Crippen LogP contribution >= 0.6 is 0 Å². The Hall–Kier alpha value is -1.62. The second-order valence-electron chi connectivity index (χ2n) is 3.45. The van der Waals surface area contributed by atoms with Crippen molar-refractivity contribution in [3.63, 3.8) is 0 Å². The summed E-state index contributed by atoms with van der Waals surface area (Å²) in [4.78, 5) is 16.0. The van der Waals surface area contributed by atoms with E-state index < -0.39 is 0 Å². The van der Waals surface area contributed by atoms with E-state index in [1.54, 1.807) is 0 Å². The van der Waals surface area contributed by atoms with Gasteiger partial charge in [-0.15, -0.1) is 0 Å². The van der Waals surface area contributed by atoms with Gasteiger partial charge in [0.1, 0.15) is 0 Å². The molecule has 2 aromatic heterocycles. The number of fused-ring (bicyclic) bond motifs is 1. The van der Waals surface area contributed by atoms with Crippen molar-refractivity contribution in [1.29, 1.82) is 0 Å². The molecular formula is C10H14N4O. The minimum atomic E-state index is -0.0804. The van der Waals surface area contributed by atoms with E-state index in [1.165, 1.54) is 10.6 Å². The molecule has 2 aromatic rings. The van der Waals surface area contributed by atoms with Crippen LogP contribution < -0.4 is 11.3 Å². The molecule has 0 aliphatic heterocycles. The van der Waals surface area contributed by atoms with Crippen LogP contribution in [0.15, 0.2) is 16.9 Å². The summed E-state index contributed by atoms with van der Waals surface area (Å²) in [6.45, 7) is 2.53. The number of aromatic nitrogens is 3. The monoisotopic (exact) mass is 206 g/mol. The van der Waals surface area contributed by atoms with Crippen molar-refractivity contribution in [2.45, 2.75) is 19.8 Å². The van der Waals surface area contributed by atoms with Crippen LogP contribution in [0, 0.1) is 0 Å². The van der Waals surface area contributed by atoms with Crippen LogP contribution in [0.4, 0.5) is 0 Å². The normalized spacial score (nSPS) is 11.1. The predicted octanol–water partition coefficient (Wildman–Crippen LogP) is 0.0862. The maximum Gasteiger partial charge on any atom is 0.272 e. The molecule has 0 fully saturated rings. The Morgan fingerprint density at radius 2 is 2.33 bits per heavy atom. The van der Waals surface area contributed by atoms with Crippen molar-refractivity contribution >= 4 is 5.65 Å². The molecule has 0 spiro atoms. The Kier molecular flexibility index (Phi) is 2.55. The van der Waals surface area contributed by atoms with Gasteiger partial charge in [-0.05, 0) is 13.0 Å². The standard InChI is InChI=1S/C10H14N4O/c1-2-7-5-9-12-8(3-4-11)6-10(15)14(9)13-7/h5-6,13H,2-4,11H2,1H3. The third-order valence-corrected chi connectivity index (χ3v) is 2.34. The lowest BCUT2D eigenvalue weighted by Gasteiger charge is -1.97. The maximum absolute atomic E-state index is 11.7. The third kappa shape index (κ3) is 1.78. The molecule has 5 nitrogen and oxygen atoms in total. The first-order valence-corrected chi connectivity index (χ1v) is 5.05. The molecule has 0 saturated carbocycles. The molecule has 2 heterocycles. The first-order valence-electron chi connectivity index (χ1n) is 5.05. The topological polar surface area (TPSA) is 76.2 Å². The molecule has 2 rings (SSSR count).